The van der Waals surface area contributed by atoms with E-state index in [1.165, 1.54) is 18.2 Å². The number of phenolic OH excluding ortho intramolecular Hbond substituents is 1. The van der Waals surface area contributed by atoms with Crippen molar-refractivity contribution in [3.63, 3.8) is 0 Å². The molecular weight excluding hydrogens is 318 g/mol. The quantitative estimate of drug-likeness (QED) is 0.731. The third-order valence-electron chi connectivity index (χ3n) is 3.12. The predicted octanol–water partition coefficient (Wildman–Crippen LogP) is 4.06. The summed E-state index contributed by atoms with van der Waals surface area (Å²) in [7, 11) is 0. The van der Waals surface area contributed by atoms with Gasteiger partial charge in [-0.2, -0.15) is 0 Å². The number of hydrogen-bond donors (Lipinski definition) is 1. The standard InChI is InChI=1S/C17H12ClNO4/c18-12-6-7-14(20)13(8-12)17(21)22-10-16-19-9-15(23-16)11-4-2-1-3-5-11/h1-9,20H,10H2. The lowest BCUT2D eigenvalue weighted by Crippen LogP contribution is -2.05. The zero-order valence-electron chi connectivity index (χ0n) is 11.9. The van der Waals surface area contributed by atoms with Gasteiger partial charge in [0, 0.05) is 10.6 Å². The summed E-state index contributed by atoms with van der Waals surface area (Å²) in [4.78, 5) is 16.0. The van der Waals surface area contributed by atoms with Crippen molar-refractivity contribution < 1.29 is 19.1 Å². The van der Waals surface area contributed by atoms with Gasteiger partial charge in [0.25, 0.3) is 0 Å². The molecule has 0 radical (unpaired) electrons. The lowest BCUT2D eigenvalue weighted by Gasteiger charge is -2.05. The number of benzene rings is 2. The van der Waals surface area contributed by atoms with Crippen molar-refractivity contribution in [1.29, 1.82) is 0 Å². The molecule has 0 saturated heterocycles. The van der Waals surface area contributed by atoms with Crippen LogP contribution in [0.5, 0.6) is 5.75 Å². The maximum Gasteiger partial charge on any atom is 0.342 e. The highest BCUT2D eigenvalue weighted by atomic mass is 35.5. The highest BCUT2D eigenvalue weighted by molar-refractivity contribution is 6.31. The lowest BCUT2D eigenvalue weighted by molar-refractivity contribution is 0.0435. The smallest absolute Gasteiger partial charge is 0.342 e. The summed E-state index contributed by atoms with van der Waals surface area (Å²) in [5, 5.41) is 9.99. The number of carbonyl (C=O) groups excluding carboxylic acids is 1. The minimum absolute atomic E-state index is 0.00709. The number of phenols is 1. The number of oxazole rings is 1. The van der Waals surface area contributed by atoms with Crippen molar-refractivity contribution in [3.05, 3.63) is 71.2 Å². The van der Waals surface area contributed by atoms with Gasteiger partial charge in [-0.05, 0) is 18.2 Å². The maximum atomic E-state index is 12.0. The van der Waals surface area contributed by atoms with Gasteiger partial charge in [0.1, 0.15) is 11.3 Å². The van der Waals surface area contributed by atoms with E-state index in [0.29, 0.717) is 10.8 Å². The van der Waals surface area contributed by atoms with Crippen LogP contribution >= 0.6 is 11.6 Å². The Morgan fingerprint density at radius 1 is 1.22 bits per heavy atom. The maximum absolute atomic E-state index is 12.0. The van der Waals surface area contributed by atoms with Gasteiger partial charge in [0.05, 0.1) is 6.20 Å². The summed E-state index contributed by atoms with van der Waals surface area (Å²) < 4.78 is 10.6. The van der Waals surface area contributed by atoms with Crippen molar-refractivity contribution in [2.45, 2.75) is 6.61 Å². The van der Waals surface area contributed by atoms with Crippen LogP contribution < -0.4 is 0 Å². The van der Waals surface area contributed by atoms with E-state index < -0.39 is 5.97 Å². The van der Waals surface area contributed by atoms with Crippen LogP contribution in [0.15, 0.2) is 59.1 Å². The van der Waals surface area contributed by atoms with Crippen molar-refractivity contribution in [3.8, 4) is 17.1 Å². The van der Waals surface area contributed by atoms with Crippen LogP contribution in [0.3, 0.4) is 0 Å². The Labute approximate surface area is 137 Å². The number of hydrogen-bond acceptors (Lipinski definition) is 5. The first-order chi connectivity index (χ1) is 11.1. The highest BCUT2D eigenvalue weighted by Gasteiger charge is 2.15. The largest absolute Gasteiger partial charge is 0.507 e. The predicted molar refractivity (Wildman–Crippen MR) is 84.2 cm³/mol. The number of esters is 1. The number of aromatic nitrogens is 1. The molecule has 0 amide bonds. The third kappa shape index (κ3) is 3.52. The molecule has 23 heavy (non-hydrogen) atoms. The molecule has 2 aromatic carbocycles. The molecule has 0 aliphatic rings. The van der Waals surface area contributed by atoms with Crippen LogP contribution in [-0.4, -0.2) is 16.1 Å². The second-order valence-corrected chi connectivity index (χ2v) is 5.16. The first kappa shape index (κ1) is 15.1. The topological polar surface area (TPSA) is 72.6 Å². The van der Waals surface area contributed by atoms with E-state index >= 15 is 0 Å². The fourth-order valence-electron chi connectivity index (χ4n) is 1.99. The van der Waals surface area contributed by atoms with E-state index in [1.807, 2.05) is 30.3 Å². The number of rotatable bonds is 4. The average Bonchev–Trinajstić information content (AvgIpc) is 3.05. The van der Waals surface area contributed by atoms with E-state index in [-0.39, 0.29) is 23.8 Å². The van der Waals surface area contributed by atoms with Crippen molar-refractivity contribution in [2.24, 2.45) is 0 Å². The van der Waals surface area contributed by atoms with Crippen LogP contribution in [0.2, 0.25) is 5.02 Å². The van der Waals surface area contributed by atoms with E-state index in [4.69, 9.17) is 20.8 Å². The van der Waals surface area contributed by atoms with Crippen molar-refractivity contribution in [1.82, 2.24) is 4.98 Å². The van der Waals surface area contributed by atoms with Gasteiger partial charge in [-0.1, -0.05) is 41.9 Å². The highest BCUT2D eigenvalue weighted by Crippen LogP contribution is 2.23. The second-order valence-electron chi connectivity index (χ2n) is 4.72. The van der Waals surface area contributed by atoms with Crippen LogP contribution in [0.1, 0.15) is 16.2 Å². The van der Waals surface area contributed by atoms with Gasteiger partial charge in [0.2, 0.25) is 5.89 Å². The van der Waals surface area contributed by atoms with Crippen LogP contribution in [0.4, 0.5) is 0 Å². The average molecular weight is 330 g/mol. The molecule has 0 bridgehead atoms. The van der Waals surface area contributed by atoms with Gasteiger partial charge in [-0.15, -0.1) is 0 Å². The summed E-state index contributed by atoms with van der Waals surface area (Å²) in [6.45, 7) is -0.141. The molecule has 0 unspecified atom stereocenters. The number of halogens is 1. The number of aromatic hydroxyl groups is 1. The fourth-order valence-corrected chi connectivity index (χ4v) is 2.16. The molecule has 0 spiro atoms. The zero-order valence-corrected chi connectivity index (χ0v) is 12.7. The van der Waals surface area contributed by atoms with Crippen LogP contribution in [0, 0.1) is 0 Å². The van der Waals surface area contributed by atoms with Gasteiger partial charge >= 0.3 is 5.97 Å². The number of nitrogens with zero attached hydrogens (tertiary/aromatic N) is 1. The number of ether oxygens (including phenoxy) is 1. The Bertz CT molecular complexity index is 830. The van der Waals surface area contributed by atoms with Gasteiger partial charge < -0.3 is 14.3 Å². The first-order valence-electron chi connectivity index (χ1n) is 6.79. The van der Waals surface area contributed by atoms with Crippen molar-refractivity contribution >= 4 is 17.6 Å². The molecule has 1 aromatic heterocycles. The summed E-state index contributed by atoms with van der Waals surface area (Å²) in [6.07, 6.45) is 1.56. The Hall–Kier alpha value is -2.79. The molecule has 1 N–H and O–H groups in total. The molecule has 116 valence electrons. The van der Waals surface area contributed by atoms with Gasteiger partial charge in [-0.25, -0.2) is 9.78 Å². The molecular formula is C17H12ClNO4. The SMILES string of the molecule is O=C(OCc1ncc(-c2ccccc2)o1)c1cc(Cl)ccc1O. The molecule has 5 nitrogen and oxygen atoms in total. The third-order valence-corrected chi connectivity index (χ3v) is 3.35. The summed E-state index contributed by atoms with van der Waals surface area (Å²) in [5.41, 5.74) is 0.873. The molecule has 6 heteroatoms. The number of carbonyl (C=O) groups is 1. The lowest BCUT2D eigenvalue weighted by atomic mass is 10.2. The van der Waals surface area contributed by atoms with E-state index in [9.17, 15) is 9.90 Å². The Morgan fingerprint density at radius 2 is 2.00 bits per heavy atom. The summed E-state index contributed by atoms with van der Waals surface area (Å²) in [6, 6.07) is 13.6. The Morgan fingerprint density at radius 3 is 2.78 bits per heavy atom. The van der Waals surface area contributed by atoms with Crippen LogP contribution in [-0.2, 0) is 11.3 Å². The van der Waals surface area contributed by atoms with E-state index in [1.54, 1.807) is 6.20 Å². The van der Waals surface area contributed by atoms with E-state index in [2.05, 4.69) is 4.98 Å². The van der Waals surface area contributed by atoms with Gasteiger partial charge in [-0.3, -0.25) is 0 Å². The molecule has 1 heterocycles. The monoisotopic (exact) mass is 329 g/mol. The van der Waals surface area contributed by atoms with E-state index in [0.717, 1.165) is 5.56 Å². The molecule has 0 atom stereocenters. The molecule has 0 fully saturated rings. The minimum Gasteiger partial charge on any atom is -0.507 e. The molecule has 0 saturated carbocycles. The molecule has 3 aromatic rings. The minimum atomic E-state index is -0.704. The fraction of sp³-hybridized carbons (Fsp3) is 0.0588. The second kappa shape index (κ2) is 6.54. The Balaban J connectivity index is 1.68. The Kier molecular flexibility index (Phi) is 4.30. The molecule has 0 aliphatic carbocycles. The van der Waals surface area contributed by atoms with Crippen LogP contribution in [0.25, 0.3) is 11.3 Å². The molecule has 0 aliphatic heterocycles. The zero-order chi connectivity index (χ0) is 16.2. The first-order valence-corrected chi connectivity index (χ1v) is 7.17. The normalized spacial score (nSPS) is 10.5. The molecule has 3 rings (SSSR count). The summed E-state index contributed by atoms with van der Waals surface area (Å²) in [5.74, 6) is -0.0535. The van der Waals surface area contributed by atoms with Gasteiger partial charge in [0.15, 0.2) is 12.4 Å². The van der Waals surface area contributed by atoms with Crippen molar-refractivity contribution in [2.75, 3.05) is 0 Å². The summed E-state index contributed by atoms with van der Waals surface area (Å²) >= 11 is 5.80.